The Kier molecular flexibility index (Phi) is 4.34. The molecule has 0 N–H and O–H groups in total. The van der Waals surface area contributed by atoms with Gasteiger partial charge in [0.15, 0.2) is 0 Å². The van der Waals surface area contributed by atoms with Gasteiger partial charge in [0, 0.05) is 11.4 Å². The molecule has 0 saturated heterocycles. The van der Waals surface area contributed by atoms with E-state index < -0.39 is 0 Å². The van der Waals surface area contributed by atoms with Gasteiger partial charge >= 0.3 is 10.5 Å². The summed E-state index contributed by atoms with van der Waals surface area (Å²) >= 11 is 7.47. The molecule has 2 heterocycles. The largest absolute Gasteiger partial charge is 0.842 e. The number of hydrogen-bond donors (Lipinski definition) is 0. The lowest BCUT2D eigenvalue weighted by Gasteiger charge is -2.13. The zero-order valence-corrected chi connectivity index (χ0v) is 16.8. The quantitative estimate of drug-likeness (QED) is 0.414. The molecule has 0 saturated carbocycles. The summed E-state index contributed by atoms with van der Waals surface area (Å²) in [6.45, 7) is 0. The van der Waals surface area contributed by atoms with Crippen LogP contribution in [0.25, 0.3) is 20.9 Å². The van der Waals surface area contributed by atoms with Gasteiger partial charge in [0.1, 0.15) is 11.2 Å². The molecule has 29 heavy (non-hydrogen) atoms. The van der Waals surface area contributed by atoms with Crippen molar-refractivity contribution in [3.05, 3.63) is 105 Å². The smallest absolute Gasteiger partial charge is 0.354 e. The highest BCUT2D eigenvalue weighted by Gasteiger charge is 2.25. The molecule has 5 aromatic rings. The third-order valence-electron chi connectivity index (χ3n) is 4.92. The van der Waals surface area contributed by atoms with Gasteiger partial charge in [0.25, 0.3) is 0 Å². The average molecular weight is 419 g/mol. The van der Waals surface area contributed by atoms with Crippen molar-refractivity contribution < 1.29 is 9.51 Å². The van der Waals surface area contributed by atoms with E-state index in [0.717, 1.165) is 15.8 Å². The molecule has 0 fully saturated rings. The van der Waals surface area contributed by atoms with E-state index in [1.54, 1.807) is 33.2 Å². The van der Waals surface area contributed by atoms with Crippen molar-refractivity contribution >= 4 is 38.1 Å². The number of para-hydroxylation sites is 1. The number of thiazole rings is 1. The van der Waals surface area contributed by atoms with Crippen LogP contribution in [0, 0.1) is 0 Å². The van der Waals surface area contributed by atoms with Crippen molar-refractivity contribution in [2.45, 2.75) is 6.42 Å². The van der Waals surface area contributed by atoms with E-state index in [0.29, 0.717) is 15.7 Å². The third kappa shape index (κ3) is 2.99. The Hall–Kier alpha value is -3.15. The molecule has 142 valence electrons. The first-order chi connectivity index (χ1) is 14.1. The van der Waals surface area contributed by atoms with E-state index in [1.807, 2.05) is 54.6 Å². The van der Waals surface area contributed by atoms with Gasteiger partial charge in [-0.3, -0.25) is 0 Å². The number of nitrogens with zero attached hydrogens (tertiary/aromatic N) is 2. The van der Waals surface area contributed by atoms with Crippen LogP contribution in [0.3, 0.4) is 0 Å². The van der Waals surface area contributed by atoms with Crippen molar-refractivity contribution in [3.8, 4) is 11.6 Å². The molecule has 0 radical (unpaired) electrons. The minimum absolute atomic E-state index is 0.243. The first-order valence-electron chi connectivity index (χ1n) is 9.11. The van der Waals surface area contributed by atoms with Gasteiger partial charge in [-0.05, 0) is 53.3 Å². The van der Waals surface area contributed by atoms with Crippen LogP contribution in [-0.2, 0) is 6.42 Å². The van der Waals surface area contributed by atoms with E-state index >= 15 is 0 Å². The summed E-state index contributed by atoms with van der Waals surface area (Å²) in [6.07, 6.45) is 0.277. The predicted octanol–water partition coefficient (Wildman–Crippen LogP) is 4.11. The summed E-state index contributed by atoms with van der Waals surface area (Å²) in [5, 5.41) is 14.0. The standard InChI is InChI=1S/C23H15ClN2O2S/c24-16-10-12-17(13-11-16)25-21(27)18(14-15-6-2-1-3-7-15)22(28)26-19-8-4-5-9-20(19)29-23(25)26/h1-13H,14H2. The van der Waals surface area contributed by atoms with Crippen LogP contribution in [0.5, 0.6) is 5.88 Å². The lowest BCUT2D eigenvalue weighted by Crippen LogP contribution is -2.38. The molecule has 0 aliphatic carbocycles. The summed E-state index contributed by atoms with van der Waals surface area (Å²) in [7, 11) is 0. The van der Waals surface area contributed by atoms with E-state index in [2.05, 4.69) is 0 Å². The normalized spacial score (nSPS) is 11.3. The molecule has 5 rings (SSSR count). The molecule has 0 bridgehead atoms. The molecule has 6 heteroatoms. The van der Waals surface area contributed by atoms with Crippen LogP contribution in [-0.4, -0.2) is 4.57 Å². The number of fused-ring (bicyclic) bond motifs is 3. The molecular formula is C23H15ClN2O2S. The maximum absolute atomic E-state index is 13.5. The summed E-state index contributed by atoms with van der Waals surface area (Å²) in [4.78, 5) is 14.1. The summed E-state index contributed by atoms with van der Waals surface area (Å²) in [5.41, 5.74) is 2.34. The average Bonchev–Trinajstić information content (AvgIpc) is 3.12. The molecule has 0 amide bonds. The number of hydrogen-bond acceptors (Lipinski definition) is 3. The molecule has 4 nitrogen and oxygen atoms in total. The number of aromatic nitrogens is 2. The first kappa shape index (κ1) is 17.9. The zero-order chi connectivity index (χ0) is 20.0. The van der Waals surface area contributed by atoms with Gasteiger partial charge in [-0.15, -0.1) is 4.57 Å². The van der Waals surface area contributed by atoms with Gasteiger partial charge in [0.2, 0.25) is 0 Å². The molecular weight excluding hydrogens is 404 g/mol. The maximum atomic E-state index is 13.5. The van der Waals surface area contributed by atoms with Gasteiger partial charge < -0.3 is 5.11 Å². The molecule has 0 aliphatic heterocycles. The predicted molar refractivity (Wildman–Crippen MR) is 114 cm³/mol. The SMILES string of the molecule is O=c1c(Cc2ccccc2)c([O-])[n+]2c3ccccc3sc2n1-c1ccc(Cl)cc1. The van der Waals surface area contributed by atoms with E-state index in [-0.39, 0.29) is 23.4 Å². The fourth-order valence-corrected chi connectivity index (χ4v) is 4.82. The van der Waals surface area contributed by atoms with Crippen LogP contribution in [0.2, 0.25) is 5.02 Å². The zero-order valence-electron chi connectivity index (χ0n) is 15.2. The molecule has 0 atom stereocenters. The third-order valence-corrected chi connectivity index (χ3v) is 6.29. The highest BCUT2D eigenvalue weighted by atomic mass is 35.5. The van der Waals surface area contributed by atoms with E-state index in [1.165, 1.54) is 11.3 Å². The number of rotatable bonds is 3. The monoisotopic (exact) mass is 418 g/mol. The lowest BCUT2D eigenvalue weighted by molar-refractivity contribution is -0.564. The molecule has 2 aromatic heterocycles. The lowest BCUT2D eigenvalue weighted by atomic mass is 10.1. The van der Waals surface area contributed by atoms with E-state index in [9.17, 15) is 9.90 Å². The second-order valence-electron chi connectivity index (χ2n) is 6.75. The maximum Gasteiger partial charge on any atom is 0.354 e. The van der Waals surface area contributed by atoms with Gasteiger partial charge in [-0.2, -0.15) is 4.40 Å². The fourth-order valence-electron chi connectivity index (χ4n) is 3.53. The summed E-state index contributed by atoms with van der Waals surface area (Å²) < 4.78 is 4.21. The van der Waals surface area contributed by atoms with Crippen LogP contribution >= 0.6 is 22.9 Å². The molecule has 0 unspecified atom stereocenters. The van der Waals surface area contributed by atoms with Gasteiger partial charge in [0.05, 0.1) is 16.1 Å². The van der Waals surface area contributed by atoms with Gasteiger partial charge in [-0.1, -0.05) is 54.1 Å². The Morgan fingerprint density at radius 3 is 2.38 bits per heavy atom. The van der Waals surface area contributed by atoms with Crippen molar-refractivity contribution in [1.82, 2.24) is 4.57 Å². The molecule has 3 aromatic carbocycles. The first-order valence-corrected chi connectivity index (χ1v) is 10.3. The summed E-state index contributed by atoms with van der Waals surface area (Å²) in [5.74, 6) is -0.267. The highest BCUT2D eigenvalue weighted by Crippen LogP contribution is 2.26. The van der Waals surface area contributed by atoms with Crippen molar-refractivity contribution in [1.29, 1.82) is 0 Å². The van der Waals surface area contributed by atoms with Crippen LogP contribution in [0.1, 0.15) is 11.1 Å². The van der Waals surface area contributed by atoms with Crippen LogP contribution < -0.4 is 15.1 Å². The number of halogens is 1. The Morgan fingerprint density at radius 2 is 1.62 bits per heavy atom. The molecule has 0 aliphatic rings. The summed E-state index contributed by atoms with van der Waals surface area (Å²) in [6, 6.07) is 24.3. The molecule has 0 spiro atoms. The van der Waals surface area contributed by atoms with Gasteiger partial charge in [-0.25, -0.2) is 4.79 Å². The topological polar surface area (TPSA) is 49.2 Å². The highest BCUT2D eigenvalue weighted by molar-refractivity contribution is 7.23. The minimum atomic E-state index is -0.298. The van der Waals surface area contributed by atoms with Crippen molar-refractivity contribution in [3.63, 3.8) is 0 Å². The Bertz CT molecular complexity index is 1410. The second kappa shape index (κ2) is 7.03. The van der Waals surface area contributed by atoms with Crippen molar-refractivity contribution in [2.24, 2.45) is 0 Å². The minimum Gasteiger partial charge on any atom is -0.842 e. The fraction of sp³-hybridized carbons (Fsp3) is 0.0435. The van der Waals surface area contributed by atoms with E-state index in [4.69, 9.17) is 11.6 Å². The Balaban J connectivity index is 1.89. The second-order valence-corrected chi connectivity index (χ2v) is 8.20. The number of benzene rings is 3. The Labute approximate surface area is 175 Å². The Morgan fingerprint density at radius 1 is 0.931 bits per heavy atom. The van der Waals surface area contributed by atoms with Crippen LogP contribution in [0.4, 0.5) is 0 Å². The van der Waals surface area contributed by atoms with Crippen molar-refractivity contribution in [2.75, 3.05) is 0 Å². The van der Waals surface area contributed by atoms with Crippen LogP contribution in [0.15, 0.2) is 83.7 Å².